The summed E-state index contributed by atoms with van der Waals surface area (Å²) >= 11 is 0. The molecular weight excluding hydrogens is 222 g/mol. The minimum atomic E-state index is 0.342. The molecule has 18 heavy (non-hydrogen) atoms. The molecule has 0 spiro atoms. The van der Waals surface area contributed by atoms with Crippen LogP contribution in [0.2, 0.25) is 0 Å². The summed E-state index contributed by atoms with van der Waals surface area (Å²) in [6.07, 6.45) is 9.08. The molecule has 1 aliphatic heterocycles. The zero-order chi connectivity index (χ0) is 12.8. The Kier molecular flexibility index (Phi) is 5.14. The fourth-order valence-corrected chi connectivity index (χ4v) is 2.98. The van der Waals surface area contributed by atoms with Crippen LogP contribution in [0.15, 0.2) is 24.5 Å². The van der Waals surface area contributed by atoms with Crippen LogP contribution in [-0.4, -0.2) is 29.5 Å². The van der Waals surface area contributed by atoms with Gasteiger partial charge in [0.1, 0.15) is 0 Å². The molecule has 0 bridgehead atoms. The molecule has 2 heterocycles. The summed E-state index contributed by atoms with van der Waals surface area (Å²) in [5.41, 5.74) is 7.24. The van der Waals surface area contributed by atoms with Crippen LogP contribution in [0.4, 0.5) is 0 Å². The van der Waals surface area contributed by atoms with E-state index in [1.807, 2.05) is 18.5 Å². The van der Waals surface area contributed by atoms with Crippen molar-refractivity contribution in [2.45, 2.75) is 38.6 Å². The van der Waals surface area contributed by atoms with Gasteiger partial charge in [0.25, 0.3) is 0 Å². The number of pyridine rings is 1. The molecule has 1 saturated heterocycles. The molecule has 3 nitrogen and oxygen atoms in total. The molecule has 1 aromatic rings. The summed E-state index contributed by atoms with van der Waals surface area (Å²) in [6.45, 7) is 5.34. The topological polar surface area (TPSA) is 42.1 Å². The molecule has 1 aliphatic rings. The summed E-state index contributed by atoms with van der Waals surface area (Å²) in [5, 5.41) is 0. The van der Waals surface area contributed by atoms with E-state index >= 15 is 0 Å². The fraction of sp³-hybridized carbons (Fsp3) is 0.667. The Labute approximate surface area is 110 Å². The Morgan fingerprint density at radius 2 is 2.33 bits per heavy atom. The summed E-state index contributed by atoms with van der Waals surface area (Å²) in [6, 6.07) is 4.49. The van der Waals surface area contributed by atoms with Crippen molar-refractivity contribution in [3.63, 3.8) is 0 Å². The first-order valence-corrected chi connectivity index (χ1v) is 7.19. The first-order chi connectivity index (χ1) is 8.85. The lowest BCUT2D eigenvalue weighted by molar-refractivity contribution is 0.206. The molecule has 2 N–H and O–H groups in total. The van der Waals surface area contributed by atoms with Crippen molar-refractivity contribution in [2.75, 3.05) is 19.6 Å². The third-order valence-corrected chi connectivity index (χ3v) is 4.19. The van der Waals surface area contributed by atoms with Gasteiger partial charge in [-0.2, -0.15) is 0 Å². The molecule has 100 valence electrons. The first-order valence-electron chi connectivity index (χ1n) is 7.19. The Morgan fingerprint density at radius 3 is 3.00 bits per heavy atom. The Bertz CT molecular complexity index is 339. The van der Waals surface area contributed by atoms with Crippen LogP contribution >= 0.6 is 0 Å². The van der Waals surface area contributed by atoms with Crippen molar-refractivity contribution < 1.29 is 0 Å². The normalized spacial score (nSPS) is 23.6. The maximum atomic E-state index is 5.98. The number of aromatic nitrogens is 1. The zero-order valence-electron chi connectivity index (χ0n) is 11.4. The minimum Gasteiger partial charge on any atom is -0.329 e. The highest BCUT2D eigenvalue weighted by atomic mass is 15.2. The predicted octanol–water partition coefficient (Wildman–Crippen LogP) is 2.59. The molecular formula is C15H25N3. The molecule has 0 aromatic carbocycles. The van der Waals surface area contributed by atoms with Gasteiger partial charge in [-0.1, -0.05) is 19.4 Å². The van der Waals surface area contributed by atoms with Gasteiger partial charge in [-0.25, -0.2) is 0 Å². The van der Waals surface area contributed by atoms with Crippen molar-refractivity contribution in [1.29, 1.82) is 0 Å². The van der Waals surface area contributed by atoms with E-state index in [2.05, 4.69) is 22.9 Å². The molecule has 0 amide bonds. The van der Waals surface area contributed by atoms with Gasteiger partial charge >= 0.3 is 0 Å². The van der Waals surface area contributed by atoms with E-state index in [9.17, 15) is 0 Å². The monoisotopic (exact) mass is 247 g/mol. The highest BCUT2D eigenvalue weighted by molar-refractivity contribution is 5.14. The summed E-state index contributed by atoms with van der Waals surface area (Å²) < 4.78 is 0. The van der Waals surface area contributed by atoms with Crippen molar-refractivity contribution in [1.82, 2.24) is 9.88 Å². The minimum absolute atomic E-state index is 0.342. The summed E-state index contributed by atoms with van der Waals surface area (Å²) in [5.74, 6) is 0.905. The quantitative estimate of drug-likeness (QED) is 0.889. The van der Waals surface area contributed by atoms with E-state index in [0.717, 1.165) is 5.92 Å². The average molecular weight is 247 g/mol. The van der Waals surface area contributed by atoms with Crippen LogP contribution in [0.1, 0.15) is 44.2 Å². The van der Waals surface area contributed by atoms with Crippen LogP contribution in [0.3, 0.4) is 0 Å². The SMILES string of the molecule is CCC1CCCN(C(CN)c2cccnc2)CC1. The van der Waals surface area contributed by atoms with Crippen LogP contribution in [0.5, 0.6) is 0 Å². The molecule has 1 fully saturated rings. The smallest absolute Gasteiger partial charge is 0.0485 e. The third-order valence-electron chi connectivity index (χ3n) is 4.19. The van der Waals surface area contributed by atoms with Crippen molar-refractivity contribution in [3.05, 3.63) is 30.1 Å². The lowest BCUT2D eigenvalue weighted by Gasteiger charge is -2.29. The molecule has 0 radical (unpaired) electrons. The highest BCUT2D eigenvalue weighted by Crippen LogP contribution is 2.26. The second-order valence-corrected chi connectivity index (χ2v) is 5.28. The lowest BCUT2D eigenvalue weighted by Crippen LogP contribution is -2.34. The molecule has 3 heteroatoms. The van der Waals surface area contributed by atoms with Gasteiger partial charge in [-0.3, -0.25) is 9.88 Å². The van der Waals surface area contributed by atoms with Gasteiger partial charge in [-0.15, -0.1) is 0 Å². The van der Waals surface area contributed by atoms with Gasteiger partial charge in [0, 0.05) is 25.0 Å². The average Bonchev–Trinajstić information content (AvgIpc) is 2.66. The maximum Gasteiger partial charge on any atom is 0.0485 e. The van der Waals surface area contributed by atoms with Crippen molar-refractivity contribution >= 4 is 0 Å². The number of hydrogen-bond donors (Lipinski definition) is 1. The molecule has 2 rings (SSSR count). The van der Waals surface area contributed by atoms with E-state index < -0.39 is 0 Å². The van der Waals surface area contributed by atoms with Gasteiger partial charge in [-0.05, 0) is 49.9 Å². The van der Waals surface area contributed by atoms with E-state index in [0.29, 0.717) is 12.6 Å². The molecule has 0 aliphatic carbocycles. The Hall–Kier alpha value is -0.930. The van der Waals surface area contributed by atoms with Gasteiger partial charge in [0.15, 0.2) is 0 Å². The Morgan fingerprint density at radius 1 is 1.44 bits per heavy atom. The highest BCUT2D eigenvalue weighted by Gasteiger charge is 2.22. The van der Waals surface area contributed by atoms with E-state index in [1.54, 1.807) is 0 Å². The fourth-order valence-electron chi connectivity index (χ4n) is 2.98. The number of nitrogens with two attached hydrogens (primary N) is 1. The van der Waals surface area contributed by atoms with Crippen LogP contribution in [-0.2, 0) is 0 Å². The van der Waals surface area contributed by atoms with E-state index in [4.69, 9.17) is 5.73 Å². The largest absolute Gasteiger partial charge is 0.329 e. The standard InChI is InChI=1S/C15H25N3/c1-2-13-5-4-9-18(10-7-13)15(11-16)14-6-3-8-17-12-14/h3,6,8,12-13,15H,2,4-5,7,9-11,16H2,1H3. The van der Waals surface area contributed by atoms with E-state index in [1.165, 1.54) is 44.3 Å². The van der Waals surface area contributed by atoms with Gasteiger partial charge in [0.05, 0.1) is 0 Å². The zero-order valence-corrected chi connectivity index (χ0v) is 11.4. The van der Waals surface area contributed by atoms with Gasteiger partial charge < -0.3 is 5.73 Å². The maximum absolute atomic E-state index is 5.98. The second kappa shape index (κ2) is 6.86. The molecule has 2 atom stereocenters. The number of likely N-dealkylation sites (tertiary alicyclic amines) is 1. The summed E-state index contributed by atoms with van der Waals surface area (Å²) in [7, 11) is 0. The first kappa shape index (κ1) is 13.5. The molecule has 0 saturated carbocycles. The number of hydrogen-bond acceptors (Lipinski definition) is 3. The third kappa shape index (κ3) is 3.30. The summed E-state index contributed by atoms with van der Waals surface area (Å²) in [4.78, 5) is 6.77. The van der Waals surface area contributed by atoms with Crippen LogP contribution < -0.4 is 5.73 Å². The molecule has 1 aromatic heterocycles. The van der Waals surface area contributed by atoms with Crippen molar-refractivity contribution in [2.24, 2.45) is 11.7 Å². The van der Waals surface area contributed by atoms with Crippen LogP contribution in [0, 0.1) is 5.92 Å². The Balaban J connectivity index is 2.04. The number of nitrogens with zero attached hydrogens (tertiary/aromatic N) is 2. The van der Waals surface area contributed by atoms with Crippen LogP contribution in [0.25, 0.3) is 0 Å². The van der Waals surface area contributed by atoms with E-state index in [-0.39, 0.29) is 0 Å². The second-order valence-electron chi connectivity index (χ2n) is 5.28. The van der Waals surface area contributed by atoms with Gasteiger partial charge in [0.2, 0.25) is 0 Å². The van der Waals surface area contributed by atoms with Crippen molar-refractivity contribution in [3.8, 4) is 0 Å². The predicted molar refractivity (Wildman–Crippen MR) is 75.2 cm³/mol. The lowest BCUT2D eigenvalue weighted by atomic mass is 9.98. The molecule has 2 unspecified atom stereocenters. The number of rotatable bonds is 4.